The highest BCUT2D eigenvalue weighted by molar-refractivity contribution is 6.35. The molecule has 0 atom stereocenters. The zero-order valence-corrected chi connectivity index (χ0v) is 12.3. The van der Waals surface area contributed by atoms with E-state index in [4.69, 9.17) is 0 Å². The van der Waals surface area contributed by atoms with Gasteiger partial charge in [-0.2, -0.15) is 5.10 Å². The van der Waals surface area contributed by atoms with Gasteiger partial charge in [-0.05, 0) is 25.3 Å². The van der Waals surface area contributed by atoms with Gasteiger partial charge in [-0.25, -0.2) is 5.43 Å². The van der Waals surface area contributed by atoms with Crippen molar-refractivity contribution in [2.75, 3.05) is 0 Å². The van der Waals surface area contributed by atoms with Gasteiger partial charge in [0.25, 0.3) is 0 Å². The molecule has 0 aromatic heterocycles. The van der Waals surface area contributed by atoms with Crippen LogP contribution in [0.25, 0.3) is 0 Å². The third-order valence-electron chi connectivity index (χ3n) is 3.60. The van der Waals surface area contributed by atoms with E-state index in [1.165, 1.54) is 12.6 Å². The maximum Gasteiger partial charge on any atom is 0.329 e. The number of amides is 2. The van der Waals surface area contributed by atoms with Gasteiger partial charge in [-0.1, -0.05) is 49.1 Å². The molecule has 0 aliphatic heterocycles. The van der Waals surface area contributed by atoms with E-state index in [2.05, 4.69) is 15.8 Å². The van der Waals surface area contributed by atoms with Crippen LogP contribution in [0.1, 0.15) is 43.2 Å². The largest absolute Gasteiger partial charge is 0.345 e. The minimum absolute atomic E-state index is 0.123. The summed E-state index contributed by atoms with van der Waals surface area (Å²) in [6.45, 7) is 2.00. The van der Waals surface area contributed by atoms with Crippen molar-refractivity contribution in [3.8, 4) is 0 Å². The summed E-state index contributed by atoms with van der Waals surface area (Å²) in [7, 11) is 0. The van der Waals surface area contributed by atoms with Crippen molar-refractivity contribution in [3.05, 3.63) is 35.4 Å². The molecule has 2 N–H and O–H groups in total. The van der Waals surface area contributed by atoms with Crippen LogP contribution in [0.4, 0.5) is 0 Å². The average molecular weight is 287 g/mol. The summed E-state index contributed by atoms with van der Waals surface area (Å²) >= 11 is 0. The SMILES string of the molecule is Cc1ccc(/C=N/NC(=O)C(=O)NC2CCCCC2)cc1. The predicted molar refractivity (Wildman–Crippen MR) is 81.9 cm³/mol. The number of hydrogen-bond donors (Lipinski definition) is 2. The highest BCUT2D eigenvalue weighted by atomic mass is 16.2. The second-order valence-electron chi connectivity index (χ2n) is 5.42. The zero-order chi connectivity index (χ0) is 15.1. The topological polar surface area (TPSA) is 70.6 Å². The first kappa shape index (κ1) is 15.2. The lowest BCUT2D eigenvalue weighted by atomic mass is 9.95. The first-order valence-electron chi connectivity index (χ1n) is 7.36. The first-order chi connectivity index (χ1) is 10.1. The van der Waals surface area contributed by atoms with Crippen LogP contribution in [0.15, 0.2) is 29.4 Å². The minimum atomic E-state index is -0.719. The number of nitrogens with zero attached hydrogens (tertiary/aromatic N) is 1. The van der Waals surface area contributed by atoms with E-state index < -0.39 is 11.8 Å². The fourth-order valence-corrected chi connectivity index (χ4v) is 2.37. The van der Waals surface area contributed by atoms with Crippen LogP contribution in [0.3, 0.4) is 0 Å². The molecule has 0 heterocycles. The molecule has 0 bridgehead atoms. The van der Waals surface area contributed by atoms with Gasteiger partial charge < -0.3 is 5.32 Å². The van der Waals surface area contributed by atoms with Gasteiger partial charge in [-0.3, -0.25) is 9.59 Å². The number of benzene rings is 1. The monoisotopic (exact) mass is 287 g/mol. The third-order valence-corrected chi connectivity index (χ3v) is 3.60. The Bertz CT molecular complexity index is 517. The number of rotatable bonds is 3. The van der Waals surface area contributed by atoms with Crippen LogP contribution in [0, 0.1) is 6.92 Å². The van der Waals surface area contributed by atoms with Gasteiger partial charge >= 0.3 is 11.8 Å². The van der Waals surface area contributed by atoms with Crippen LogP contribution >= 0.6 is 0 Å². The van der Waals surface area contributed by atoms with Gasteiger partial charge in [0.15, 0.2) is 0 Å². The number of nitrogens with one attached hydrogen (secondary N) is 2. The van der Waals surface area contributed by atoms with E-state index in [-0.39, 0.29) is 6.04 Å². The zero-order valence-electron chi connectivity index (χ0n) is 12.3. The molecular weight excluding hydrogens is 266 g/mol. The van der Waals surface area contributed by atoms with Crippen molar-refractivity contribution < 1.29 is 9.59 Å². The normalized spacial score (nSPS) is 15.9. The van der Waals surface area contributed by atoms with E-state index in [0.717, 1.165) is 36.8 Å². The van der Waals surface area contributed by atoms with Crippen molar-refractivity contribution in [1.82, 2.24) is 10.7 Å². The fourth-order valence-electron chi connectivity index (χ4n) is 2.37. The standard InChI is InChI=1S/C16H21N3O2/c1-12-7-9-13(10-8-12)11-17-19-16(21)15(20)18-14-5-3-2-4-6-14/h7-11,14H,2-6H2,1H3,(H,18,20)(H,19,21)/b17-11+. The van der Waals surface area contributed by atoms with Crippen molar-refractivity contribution in [2.45, 2.75) is 45.1 Å². The molecule has 1 fully saturated rings. The molecule has 1 aromatic rings. The van der Waals surface area contributed by atoms with Crippen LogP contribution < -0.4 is 10.7 Å². The molecule has 1 aliphatic carbocycles. The number of carbonyl (C=O) groups excluding carboxylic acids is 2. The lowest BCUT2D eigenvalue weighted by molar-refractivity contribution is -0.139. The molecule has 112 valence electrons. The molecule has 5 heteroatoms. The average Bonchev–Trinajstić information content (AvgIpc) is 2.50. The Labute approximate surface area is 124 Å². The maximum atomic E-state index is 11.7. The maximum absolute atomic E-state index is 11.7. The molecule has 21 heavy (non-hydrogen) atoms. The van der Waals surface area contributed by atoms with Crippen molar-refractivity contribution in [1.29, 1.82) is 0 Å². The van der Waals surface area contributed by atoms with E-state index >= 15 is 0 Å². The second-order valence-corrected chi connectivity index (χ2v) is 5.42. The predicted octanol–water partition coefficient (Wildman–Crippen LogP) is 1.89. The third kappa shape index (κ3) is 5.02. The van der Waals surface area contributed by atoms with E-state index in [9.17, 15) is 9.59 Å². The van der Waals surface area contributed by atoms with Crippen LogP contribution in [-0.2, 0) is 9.59 Å². The quantitative estimate of drug-likeness (QED) is 0.506. The summed E-state index contributed by atoms with van der Waals surface area (Å²) < 4.78 is 0. The Kier molecular flexibility index (Phi) is 5.49. The summed E-state index contributed by atoms with van der Waals surface area (Å²) in [6.07, 6.45) is 6.85. The summed E-state index contributed by atoms with van der Waals surface area (Å²) in [5.74, 6) is -1.33. The summed E-state index contributed by atoms with van der Waals surface area (Å²) in [5, 5.41) is 6.55. The molecule has 1 aromatic carbocycles. The van der Waals surface area contributed by atoms with E-state index in [1.807, 2.05) is 31.2 Å². The number of carbonyl (C=O) groups is 2. The molecule has 5 nitrogen and oxygen atoms in total. The summed E-state index contributed by atoms with van der Waals surface area (Å²) in [4.78, 5) is 23.3. The number of hydrogen-bond acceptors (Lipinski definition) is 3. The van der Waals surface area contributed by atoms with Crippen molar-refractivity contribution >= 4 is 18.0 Å². The summed E-state index contributed by atoms with van der Waals surface area (Å²) in [6, 6.07) is 7.83. The number of aryl methyl sites for hydroxylation is 1. The van der Waals surface area contributed by atoms with Gasteiger partial charge in [0.1, 0.15) is 0 Å². The fraction of sp³-hybridized carbons (Fsp3) is 0.438. The lowest BCUT2D eigenvalue weighted by Crippen LogP contribution is -2.44. The van der Waals surface area contributed by atoms with Gasteiger partial charge in [0.2, 0.25) is 0 Å². The molecule has 0 unspecified atom stereocenters. The Morgan fingerprint density at radius 3 is 2.43 bits per heavy atom. The molecule has 0 spiro atoms. The highest BCUT2D eigenvalue weighted by Crippen LogP contribution is 2.17. The minimum Gasteiger partial charge on any atom is -0.345 e. The molecule has 2 amide bonds. The Hall–Kier alpha value is -2.17. The van der Waals surface area contributed by atoms with Crippen LogP contribution in [0.5, 0.6) is 0 Å². The molecule has 1 saturated carbocycles. The summed E-state index contributed by atoms with van der Waals surface area (Å²) in [5.41, 5.74) is 4.28. The molecule has 2 rings (SSSR count). The Morgan fingerprint density at radius 2 is 1.76 bits per heavy atom. The molecular formula is C16H21N3O2. The highest BCUT2D eigenvalue weighted by Gasteiger charge is 2.19. The molecule has 0 radical (unpaired) electrons. The van der Waals surface area contributed by atoms with Crippen LogP contribution in [-0.4, -0.2) is 24.1 Å². The lowest BCUT2D eigenvalue weighted by Gasteiger charge is -2.22. The van der Waals surface area contributed by atoms with Gasteiger partial charge in [0, 0.05) is 6.04 Å². The first-order valence-corrected chi connectivity index (χ1v) is 7.36. The van der Waals surface area contributed by atoms with Gasteiger partial charge in [0.05, 0.1) is 6.21 Å². The van der Waals surface area contributed by atoms with E-state index in [0.29, 0.717) is 0 Å². The van der Waals surface area contributed by atoms with E-state index in [1.54, 1.807) is 0 Å². The molecule has 1 aliphatic rings. The van der Waals surface area contributed by atoms with Crippen molar-refractivity contribution in [2.24, 2.45) is 5.10 Å². The smallest absolute Gasteiger partial charge is 0.329 e. The van der Waals surface area contributed by atoms with Crippen LogP contribution in [0.2, 0.25) is 0 Å². The Balaban J connectivity index is 1.77. The number of hydrazone groups is 1. The van der Waals surface area contributed by atoms with Crippen molar-refractivity contribution in [3.63, 3.8) is 0 Å². The molecule has 0 saturated heterocycles. The van der Waals surface area contributed by atoms with Gasteiger partial charge in [-0.15, -0.1) is 0 Å². The Morgan fingerprint density at radius 1 is 1.10 bits per heavy atom. The second kappa shape index (κ2) is 7.57.